The number of hydrogen-bond donors (Lipinski definition) is 1. The Morgan fingerprint density at radius 1 is 1.15 bits per heavy atom. The minimum Gasteiger partial charge on any atom is -0.468 e. The highest BCUT2D eigenvalue weighted by Crippen LogP contribution is 2.31. The third-order valence-corrected chi connectivity index (χ3v) is 3.68. The number of alkyl halides is 3. The summed E-state index contributed by atoms with van der Waals surface area (Å²) in [5.74, 6) is -0.129. The van der Waals surface area contributed by atoms with Crippen LogP contribution in [0.15, 0.2) is 48.9 Å². The third-order valence-electron chi connectivity index (χ3n) is 3.68. The molecule has 0 fully saturated rings. The van der Waals surface area contributed by atoms with E-state index < -0.39 is 17.7 Å². The fraction of sp³-hybridized carbons (Fsp3) is 0.176. The smallest absolute Gasteiger partial charge is 0.422 e. The maximum Gasteiger partial charge on any atom is 0.422 e. The molecule has 0 saturated heterocycles. The number of pyridine rings is 2. The van der Waals surface area contributed by atoms with Gasteiger partial charge in [0.1, 0.15) is 0 Å². The molecule has 0 aliphatic heterocycles. The molecule has 7 nitrogen and oxygen atoms in total. The number of rotatable bonds is 6. The average Bonchev–Trinajstić information content (AvgIpc) is 2.64. The van der Waals surface area contributed by atoms with Crippen LogP contribution in [0.5, 0.6) is 5.88 Å². The number of nitrogens with zero attached hydrogens (tertiary/aromatic N) is 3. The summed E-state index contributed by atoms with van der Waals surface area (Å²) < 4.78 is 41.9. The molecule has 0 saturated carbocycles. The molecule has 1 aromatic carbocycles. The predicted molar refractivity (Wildman–Crippen MR) is 91.5 cm³/mol. The molecule has 0 aliphatic carbocycles. The van der Waals surface area contributed by atoms with Crippen molar-refractivity contribution in [2.24, 2.45) is 0 Å². The van der Waals surface area contributed by atoms with E-state index in [9.17, 15) is 23.3 Å². The topological polar surface area (TPSA) is 90.2 Å². The first-order valence-electron chi connectivity index (χ1n) is 7.73. The van der Waals surface area contributed by atoms with Gasteiger partial charge in [-0.3, -0.25) is 15.1 Å². The highest BCUT2D eigenvalue weighted by molar-refractivity contribution is 5.99. The van der Waals surface area contributed by atoms with E-state index in [0.717, 1.165) is 0 Å². The van der Waals surface area contributed by atoms with Crippen molar-refractivity contribution in [3.05, 3.63) is 64.6 Å². The van der Waals surface area contributed by atoms with Gasteiger partial charge >= 0.3 is 6.18 Å². The second-order valence-electron chi connectivity index (χ2n) is 5.54. The van der Waals surface area contributed by atoms with Gasteiger partial charge in [0.15, 0.2) is 6.61 Å². The van der Waals surface area contributed by atoms with Gasteiger partial charge in [-0.2, -0.15) is 13.2 Å². The summed E-state index contributed by atoms with van der Waals surface area (Å²) in [5, 5.41) is 15.1. The Hall–Kier alpha value is -3.43. The first kappa shape index (κ1) is 18.4. The molecular weight excluding hydrogens is 365 g/mol. The number of nitro benzene ring substituents is 1. The molecule has 2 aromatic heterocycles. The Morgan fingerprint density at radius 2 is 1.96 bits per heavy atom. The maximum atomic E-state index is 12.4. The summed E-state index contributed by atoms with van der Waals surface area (Å²) in [4.78, 5) is 18.4. The maximum absolute atomic E-state index is 12.4. The highest BCUT2D eigenvalue weighted by Gasteiger charge is 2.29. The number of fused-ring (bicyclic) bond motifs is 1. The monoisotopic (exact) mass is 378 g/mol. The van der Waals surface area contributed by atoms with E-state index in [-0.39, 0.29) is 18.1 Å². The minimum absolute atomic E-state index is 0.0840. The lowest BCUT2D eigenvalue weighted by molar-refractivity contribution is -0.383. The van der Waals surface area contributed by atoms with E-state index >= 15 is 0 Å². The molecule has 0 spiro atoms. The second-order valence-corrected chi connectivity index (χ2v) is 5.54. The van der Waals surface area contributed by atoms with Crippen LogP contribution in [0.2, 0.25) is 0 Å². The summed E-state index contributed by atoms with van der Waals surface area (Å²) in [7, 11) is 0. The first-order valence-corrected chi connectivity index (χ1v) is 7.73. The predicted octanol–water partition coefficient (Wildman–Crippen LogP) is 4.09. The quantitative estimate of drug-likeness (QED) is 0.513. The van der Waals surface area contributed by atoms with Crippen molar-refractivity contribution >= 4 is 22.1 Å². The Balaban J connectivity index is 1.84. The number of non-ortho nitro benzene ring substituents is 1. The van der Waals surface area contributed by atoms with Crippen LogP contribution >= 0.6 is 0 Å². The number of hydrogen-bond acceptors (Lipinski definition) is 6. The summed E-state index contributed by atoms with van der Waals surface area (Å²) in [6, 6.07) is 7.66. The molecule has 1 N–H and O–H groups in total. The zero-order valence-electron chi connectivity index (χ0n) is 13.7. The molecule has 0 unspecified atom stereocenters. The second kappa shape index (κ2) is 7.44. The molecule has 2 heterocycles. The van der Waals surface area contributed by atoms with Crippen LogP contribution in [0, 0.1) is 10.1 Å². The Labute approximate surface area is 151 Å². The van der Waals surface area contributed by atoms with Crippen LogP contribution in [0.3, 0.4) is 0 Å². The fourth-order valence-corrected chi connectivity index (χ4v) is 2.52. The molecule has 10 heteroatoms. The van der Waals surface area contributed by atoms with Gasteiger partial charge in [-0.15, -0.1) is 0 Å². The van der Waals surface area contributed by atoms with Gasteiger partial charge < -0.3 is 10.1 Å². The van der Waals surface area contributed by atoms with Crippen molar-refractivity contribution in [2.75, 3.05) is 11.9 Å². The number of halogens is 3. The van der Waals surface area contributed by atoms with Gasteiger partial charge in [0.05, 0.1) is 10.3 Å². The molecule has 3 rings (SSSR count). The van der Waals surface area contributed by atoms with Crippen LogP contribution in [0.25, 0.3) is 10.8 Å². The zero-order valence-corrected chi connectivity index (χ0v) is 13.7. The number of benzene rings is 1. The number of ether oxygens (including phenoxy) is 1. The van der Waals surface area contributed by atoms with Gasteiger partial charge in [0, 0.05) is 47.8 Å². The van der Waals surface area contributed by atoms with Crippen LogP contribution < -0.4 is 10.1 Å². The summed E-state index contributed by atoms with van der Waals surface area (Å²) >= 11 is 0. The minimum atomic E-state index is -4.47. The Kier molecular flexibility index (Phi) is 5.06. The molecule has 27 heavy (non-hydrogen) atoms. The number of nitro groups is 1. The van der Waals surface area contributed by atoms with Gasteiger partial charge in [0.2, 0.25) is 5.88 Å². The van der Waals surface area contributed by atoms with Crippen molar-refractivity contribution in [2.45, 2.75) is 12.7 Å². The summed E-state index contributed by atoms with van der Waals surface area (Å²) in [5.41, 5.74) is 0.908. The average molecular weight is 378 g/mol. The van der Waals surface area contributed by atoms with Crippen molar-refractivity contribution in [3.63, 3.8) is 0 Å². The molecule has 0 aliphatic rings. The van der Waals surface area contributed by atoms with Crippen LogP contribution in [0.1, 0.15) is 5.56 Å². The lowest BCUT2D eigenvalue weighted by Crippen LogP contribution is -2.20. The highest BCUT2D eigenvalue weighted by atomic mass is 19.4. The van der Waals surface area contributed by atoms with Gasteiger partial charge in [-0.1, -0.05) is 6.07 Å². The van der Waals surface area contributed by atoms with E-state index in [4.69, 9.17) is 4.74 Å². The fourth-order valence-electron chi connectivity index (χ4n) is 2.52. The van der Waals surface area contributed by atoms with Gasteiger partial charge in [0.25, 0.3) is 5.69 Å². The number of nitrogens with one attached hydrogen (secondary N) is 1. The van der Waals surface area contributed by atoms with E-state index in [1.165, 1.54) is 30.7 Å². The molecule has 140 valence electrons. The van der Waals surface area contributed by atoms with E-state index in [1.807, 2.05) is 0 Å². The normalized spacial score (nSPS) is 11.4. The summed E-state index contributed by atoms with van der Waals surface area (Å²) in [6.07, 6.45) is -0.244. The lowest BCUT2D eigenvalue weighted by atomic mass is 10.1. The largest absolute Gasteiger partial charge is 0.468 e. The number of anilines is 1. The van der Waals surface area contributed by atoms with Crippen molar-refractivity contribution in [1.82, 2.24) is 9.97 Å². The van der Waals surface area contributed by atoms with Crippen molar-refractivity contribution < 1.29 is 22.8 Å². The third kappa shape index (κ3) is 4.40. The van der Waals surface area contributed by atoms with Gasteiger partial charge in [-0.25, -0.2) is 4.98 Å². The van der Waals surface area contributed by atoms with Gasteiger partial charge in [-0.05, 0) is 18.2 Å². The Bertz CT molecular complexity index is 979. The zero-order chi connectivity index (χ0) is 19.4. The van der Waals surface area contributed by atoms with E-state index in [2.05, 4.69) is 15.3 Å². The Morgan fingerprint density at radius 3 is 2.70 bits per heavy atom. The van der Waals surface area contributed by atoms with E-state index in [0.29, 0.717) is 22.0 Å². The SMILES string of the molecule is O=[N+]([O-])c1ccc(NCc2cccnc2OCC(F)(F)F)c2ccncc12. The van der Waals surface area contributed by atoms with Crippen LogP contribution in [-0.2, 0) is 6.54 Å². The molecule has 3 aromatic rings. The van der Waals surface area contributed by atoms with E-state index in [1.54, 1.807) is 18.2 Å². The molecule has 0 amide bonds. The molecule has 0 atom stereocenters. The lowest BCUT2D eigenvalue weighted by Gasteiger charge is -2.14. The number of aromatic nitrogens is 2. The van der Waals surface area contributed by atoms with Crippen LogP contribution in [-0.4, -0.2) is 27.7 Å². The first-order chi connectivity index (χ1) is 12.8. The molecular formula is C17H13F3N4O3. The molecule has 0 bridgehead atoms. The summed E-state index contributed by atoms with van der Waals surface area (Å²) in [6.45, 7) is -1.32. The van der Waals surface area contributed by atoms with Crippen molar-refractivity contribution in [3.8, 4) is 5.88 Å². The standard InChI is InChI=1S/C17H13F3N4O3/c18-17(19,20)10-27-16-11(2-1-6-22-16)8-23-14-3-4-15(24(25)26)13-9-21-7-5-12(13)14/h1-7,9,23H,8,10H2. The van der Waals surface area contributed by atoms with Crippen molar-refractivity contribution in [1.29, 1.82) is 0 Å². The molecule has 0 radical (unpaired) electrons. The van der Waals surface area contributed by atoms with Crippen LogP contribution in [0.4, 0.5) is 24.5 Å².